The van der Waals surface area contributed by atoms with Crippen molar-refractivity contribution in [1.82, 2.24) is 4.57 Å². The number of anilines is 1. The van der Waals surface area contributed by atoms with Crippen molar-refractivity contribution in [1.29, 1.82) is 0 Å². The third kappa shape index (κ3) is 3.25. The molecule has 7 heteroatoms. The molecule has 1 aromatic heterocycles. The molecule has 0 radical (unpaired) electrons. The van der Waals surface area contributed by atoms with E-state index < -0.39 is 11.9 Å². The molecular weight excluding hydrogens is 340 g/mol. The van der Waals surface area contributed by atoms with Gasteiger partial charge < -0.3 is 20.1 Å². The van der Waals surface area contributed by atoms with Crippen LogP contribution in [0, 0.1) is 0 Å². The summed E-state index contributed by atoms with van der Waals surface area (Å²) in [5.74, 6) is -1.82. The van der Waals surface area contributed by atoms with Crippen LogP contribution in [0.4, 0.5) is 5.69 Å². The molecule has 0 spiro atoms. The fourth-order valence-electron chi connectivity index (χ4n) is 1.93. The molecule has 0 aliphatic carbocycles. The molecule has 0 aliphatic rings. The van der Waals surface area contributed by atoms with Gasteiger partial charge in [-0.3, -0.25) is 4.79 Å². The number of benzene rings is 1. The number of rotatable bonds is 4. The molecular formula is C14H13BrN2O4. The molecule has 0 aliphatic heterocycles. The zero-order chi connectivity index (χ0) is 15.6. The number of aromatic hydroxyl groups is 1. The van der Waals surface area contributed by atoms with Crippen molar-refractivity contribution in [3.8, 4) is 5.75 Å². The van der Waals surface area contributed by atoms with Crippen molar-refractivity contribution in [3.63, 3.8) is 0 Å². The number of amides is 1. The van der Waals surface area contributed by atoms with Crippen molar-refractivity contribution >= 4 is 33.5 Å². The molecule has 0 unspecified atom stereocenters. The first-order chi connectivity index (χ1) is 9.92. The summed E-state index contributed by atoms with van der Waals surface area (Å²) in [5.41, 5.74) is 0.371. The second kappa shape index (κ2) is 6.01. The van der Waals surface area contributed by atoms with Gasteiger partial charge in [0, 0.05) is 17.2 Å². The summed E-state index contributed by atoms with van der Waals surface area (Å²) in [4.78, 5) is 23.4. The molecule has 2 aromatic rings. The SMILES string of the molecule is CCn1cc(Br)cc1C(=O)Nc1ccc(O)cc1C(=O)O. The Kier molecular flexibility index (Phi) is 4.32. The number of nitrogens with one attached hydrogen (secondary N) is 1. The van der Waals surface area contributed by atoms with Gasteiger partial charge in [0.25, 0.3) is 5.91 Å². The van der Waals surface area contributed by atoms with Gasteiger partial charge in [0.15, 0.2) is 0 Å². The number of carboxylic acid groups (broad SMARTS) is 1. The van der Waals surface area contributed by atoms with Gasteiger partial charge in [-0.2, -0.15) is 0 Å². The number of hydrogen-bond acceptors (Lipinski definition) is 3. The highest BCUT2D eigenvalue weighted by Gasteiger charge is 2.17. The molecule has 21 heavy (non-hydrogen) atoms. The third-order valence-corrected chi connectivity index (χ3v) is 3.35. The predicted molar refractivity (Wildman–Crippen MR) is 80.8 cm³/mol. The Balaban J connectivity index is 2.33. The van der Waals surface area contributed by atoms with Crippen LogP contribution in [0.15, 0.2) is 34.9 Å². The van der Waals surface area contributed by atoms with E-state index in [1.54, 1.807) is 16.8 Å². The molecule has 0 bridgehead atoms. The lowest BCUT2D eigenvalue weighted by atomic mass is 10.1. The zero-order valence-electron chi connectivity index (χ0n) is 11.1. The van der Waals surface area contributed by atoms with Crippen LogP contribution in [0.1, 0.15) is 27.8 Å². The predicted octanol–water partition coefficient (Wildman–Crippen LogP) is 2.93. The molecule has 0 saturated heterocycles. The number of carbonyl (C=O) groups excluding carboxylic acids is 1. The summed E-state index contributed by atoms with van der Waals surface area (Å²) in [6.45, 7) is 2.50. The number of halogens is 1. The number of aromatic carboxylic acids is 1. The van der Waals surface area contributed by atoms with Crippen LogP contribution in [0.2, 0.25) is 0 Å². The molecule has 3 N–H and O–H groups in total. The van der Waals surface area contributed by atoms with Crippen molar-refractivity contribution in [2.75, 3.05) is 5.32 Å². The van der Waals surface area contributed by atoms with Crippen molar-refractivity contribution < 1.29 is 19.8 Å². The van der Waals surface area contributed by atoms with Gasteiger partial charge in [-0.05, 0) is 47.1 Å². The van der Waals surface area contributed by atoms with E-state index in [9.17, 15) is 14.7 Å². The third-order valence-electron chi connectivity index (χ3n) is 2.92. The van der Waals surface area contributed by atoms with Crippen LogP contribution in [0.25, 0.3) is 0 Å². The molecule has 1 heterocycles. The quantitative estimate of drug-likeness (QED) is 0.737. The van der Waals surface area contributed by atoms with Gasteiger partial charge in [0.1, 0.15) is 11.4 Å². The van der Waals surface area contributed by atoms with E-state index in [4.69, 9.17) is 5.11 Å². The Hall–Kier alpha value is -2.28. The summed E-state index contributed by atoms with van der Waals surface area (Å²) < 4.78 is 2.50. The van der Waals surface area contributed by atoms with Crippen molar-refractivity contribution in [2.45, 2.75) is 13.5 Å². The van der Waals surface area contributed by atoms with Gasteiger partial charge in [-0.1, -0.05) is 0 Å². The Morgan fingerprint density at radius 3 is 2.67 bits per heavy atom. The summed E-state index contributed by atoms with van der Waals surface area (Å²) in [5, 5.41) is 21.0. The molecule has 0 atom stereocenters. The number of phenols is 1. The molecule has 6 nitrogen and oxygen atoms in total. The second-order valence-electron chi connectivity index (χ2n) is 4.32. The van der Waals surface area contributed by atoms with Gasteiger partial charge in [-0.15, -0.1) is 0 Å². The minimum absolute atomic E-state index is 0.130. The van der Waals surface area contributed by atoms with Crippen LogP contribution in [0.3, 0.4) is 0 Å². The van der Waals surface area contributed by atoms with Crippen LogP contribution in [-0.4, -0.2) is 26.7 Å². The van der Waals surface area contributed by atoms with Crippen LogP contribution >= 0.6 is 15.9 Å². The van der Waals surface area contributed by atoms with Crippen molar-refractivity contribution in [2.24, 2.45) is 0 Å². The standard InChI is InChI=1S/C14H13BrN2O4/c1-2-17-7-8(15)5-12(17)13(19)16-11-4-3-9(18)6-10(11)14(20)21/h3-7,18H,2H2,1H3,(H,16,19)(H,20,21). The normalized spacial score (nSPS) is 10.4. The number of carbonyl (C=O) groups is 2. The van der Waals surface area contributed by atoms with Crippen LogP contribution in [-0.2, 0) is 6.54 Å². The van der Waals surface area contributed by atoms with Crippen molar-refractivity contribution in [3.05, 3.63) is 46.2 Å². The van der Waals surface area contributed by atoms with E-state index in [-0.39, 0.29) is 17.0 Å². The highest BCUT2D eigenvalue weighted by Crippen LogP contribution is 2.23. The average Bonchev–Trinajstić information content (AvgIpc) is 2.81. The maximum atomic E-state index is 12.3. The van der Waals surface area contributed by atoms with E-state index in [1.165, 1.54) is 12.1 Å². The topological polar surface area (TPSA) is 91.6 Å². The zero-order valence-corrected chi connectivity index (χ0v) is 12.7. The van der Waals surface area contributed by atoms with Crippen LogP contribution < -0.4 is 5.32 Å². The number of hydrogen-bond donors (Lipinski definition) is 3. The fraction of sp³-hybridized carbons (Fsp3) is 0.143. The molecule has 2 rings (SSSR count). The number of aryl methyl sites for hydroxylation is 1. The fourth-order valence-corrected chi connectivity index (χ4v) is 2.40. The first-order valence-corrected chi connectivity index (χ1v) is 6.95. The molecule has 110 valence electrons. The van der Waals surface area contributed by atoms with E-state index in [2.05, 4.69) is 21.2 Å². The Labute approximate surface area is 129 Å². The Morgan fingerprint density at radius 2 is 2.05 bits per heavy atom. The van der Waals surface area contributed by atoms with Crippen LogP contribution in [0.5, 0.6) is 5.75 Å². The number of aromatic nitrogens is 1. The lowest BCUT2D eigenvalue weighted by Gasteiger charge is -2.10. The van der Waals surface area contributed by atoms with Gasteiger partial charge in [-0.25, -0.2) is 4.79 Å². The molecule has 0 saturated carbocycles. The number of nitrogens with zero attached hydrogens (tertiary/aromatic N) is 1. The summed E-state index contributed by atoms with van der Waals surface area (Å²) in [6, 6.07) is 5.41. The smallest absolute Gasteiger partial charge is 0.337 e. The van der Waals surface area contributed by atoms with E-state index >= 15 is 0 Å². The van der Waals surface area contributed by atoms with E-state index in [0.29, 0.717) is 12.2 Å². The number of carboxylic acids is 1. The van der Waals surface area contributed by atoms with E-state index in [0.717, 1.165) is 10.5 Å². The maximum Gasteiger partial charge on any atom is 0.337 e. The Morgan fingerprint density at radius 1 is 1.33 bits per heavy atom. The first-order valence-electron chi connectivity index (χ1n) is 6.15. The first kappa shape index (κ1) is 15.1. The monoisotopic (exact) mass is 352 g/mol. The molecule has 0 fully saturated rings. The minimum Gasteiger partial charge on any atom is -0.508 e. The van der Waals surface area contributed by atoms with Gasteiger partial charge in [0.2, 0.25) is 0 Å². The largest absolute Gasteiger partial charge is 0.508 e. The Bertz CT molecular complexity index is 709. The van der Waals surface area contributed by atoms with Gasteiger partial charge >= 0.3 is 5.97 Å². The minimum atomic E-state index is -1.23. The lowest BCUT2D eigenvalue weighted by molar-refractivity contribution is 0.0697. The number of phenolic OH excluding ortho intramolecular Hbond substituents is 1. The average molecular weight is 353 g/mol. The van der Waals surface area contributed by atoms with E-state index in [1.807, 2.05) is 6.92 Å². The lowest BCUT2D eigenvalue weighted by Crippen LogP contribution is -2.18. The van der Waals surface area contributed by atoms with Gasteiger partial charge in [0.05, 0.1) is 11.3 Å². The summed E-state index contributed by atoms with van der Waals surface area (Å²) >= 11 is 3.30. The highest BCUT2D eigenvalue weighted by molar-refractivity contribution is 9.10. The summed E-state index contributed by atoms with van der Waals surface area (Å²) in [6.07, 6.45) is 1.77. The summed E-state index contributed by atoms with van der Waals surface area (Å²) in [7, 11) is 0. The molecule has 1 aromatic carbocycles. The second-order valence-corrected chi connectivity index (χ2v) is 5.23. The molecule has 1 amide bonds. The highest BCUT2D eigenvalue weighted by atomic mass is 79.9. The maximum absolute atomic E-state index is 12.3.